The fraction of sp³-hybridized carbons (Fsp3) is 0.118. The fourth-order valence-corrected chi connectivity index (χ4v) is 2.20. The standard InChI is InChI=1S/C17H16ClN5O/c1-2-24-14-10-8-13(9-11-14)20-17-22-15(18)21-16(23-17)19-12-6-4-3-5-7-12/h3-11H,2H2,1H3,(H2,19,20,21,22,23). The molecule has 0 radical (unpaired) electrons. The van der Waals surface area contributed by atoms with Crippen molar-refractivity contribution in [2.24, 2.45) is 0 Å². The quantitative estimate of drug-likeness (QED) is 0.692. The van der Waals surface area contributed by atoms with E-state index in [4.69, 9.17) is 16.3 Å². The number of rotatable bonds is 6. The number of aromatic nitrogens is 3. The zero-order valence-electron chi connectivity index (χ0n) is 13.0. The summed E-state index contributed by atoms with van der Waals surface area (Å²) in [5.41, 5.74) is 1.69. The lowest BCUT2D eigenvalue weighted by Crippen LogP contribution is -2.04. The fourth-order valence-electron chi connectivity index (χ4n) is 2.04. The van der Waals surface area contributed by atoms with Crippen molar-refractivity contribution in [3.8, 4) is 5.75 Å². The molecule has 3 aromatic rings. The summed E-state index contributed by atoms with van der Waals surface area (Å²) in [6.45, 7) is 2.57. The Balaban J connectivity index is 1.76. The van der Waals surface area contributed by atoms with Gasteiger partial charge in [-0.25, -0.2) is 0 Å². The molecule has 0 aliphatic rings. The summed E-state index contributed by atoms with van der Waals surface area (Å²) < 4.78 is 5.42. The van der Waals surface area contributed by atoms with Crippen molar-refractivity contribution in [3.05, 3.63) is 59.9 Å². The first-order valence-corrected chi connectivity index (χ1v) is 7.84. The molecular formula is C17H16ClN5O. The number of nitrogens with zero attached hydrogens (tertiary/aromatic N) is 3. The number of benzene rings is 2. The van der Waals surface area contributed by atoms with Crippen LogP contribution >= 0.6 is 11.6 Å². The summed E-state index contributed by atoms with van der Waals surface area (Å²) in [6.07, 6.45) is 0. The summed E-state index contributed by atoms with van der Waals surface area (Å²) in [4.78, 5) is 12.5. The number of para-hydroxylation sites is 1. The summed E-state index contributed by atoms with van der Waals surface area (Å²) in [5.74, 6) is 1.54. The van der Waals surface area contributed by atoms with Gasteiger partial charge in [0.2, 0.25) is 17.2 Å². The van der Waals surface area contributed by atoms with Crippen molar-refractivity contribution >= 4 is 34.9 Å². The molecule has 24 heavy (non-hydrogen) atoms. The number of hydrogen-bond donors (Lipinski definition) is 2. The maximum Gasteiger partial charge on any atom is 0.233 e. The minimum absolute atomic E-state index is 0.108. The molecule has 6 nitrogen and oxygen atoms in total. The van der Waals surface area contributed by atoms with Crippen LogP contribution in [0.3, 0.4) is 0 Å². The number of nitrogens with one attached hydrogen (secondary N) is 2. The Morgan fingerprint density at radius 2 is 1.42 bits per heavy atom. The average molecular weight is 342 g/mol. The summed E-state index contributed by atoms with van der Waals surface area (Å²) in [5, 5.41) is 6.30. The van der Waals surface area contributed by atoms with Gasteiger partial charge in [-0.2, -0.15) is 15.0 Å². The Morgan fingerprint density at radius 1 is 0.833 bits per heavy atom. The first-order chi connectivity index (χ1) is 11.7. The van der Waals surface area contributed by atoms with Crippen LogP contribution in [0.5, 0.6) is 5.75 Å². The van der Waals surface area contributed by atoms with Gasteiger partial charge in [0, 0.05) is 11.4 Å². The van der Waals surface area contributed by atoms with Gasteiger partial charge in [-0.15, -0.1) is 0 Å². The van der Waals surface area contributed by atoms with Crippen molar-refractivity contribution in [2.75, 3.05) is 17.2 Å². The second kappa shape index (κ2) is 7.61. The van der Waals surface area contributed by atoms with Crippen LogP contribution in [0.15, 0.2) is 54.6 Å². The lowest BCUT2D eigenvalue weighted by molar-refractivity contribution is 0.340. The molecule has 0 unspecified atom stereocenters. The third-order valence-electron chi connectivity index (χ3n) is 3.06. The Morgan fingerprint density at radius 3 is 2.00 bits per heavy atom. The van der Waals surface area contributed by atoms with Gasteiger partial charge in [-0.3, -0.25) is 0 Å². The van der Waals surface area contributed by atoms with Gasteiger partial charge in [-0.1, -0.05) is 18.2 Å². The van der Waals surface area contributed by atoms with Crippen LogP contribution < -0.4 is 15.4 Å². The van der Waals surface area contributed by atoms with Crippen LogP contribution in [0, 0.1) is 0 Å². The number of hydrogen-bond acceptors (Lipinski definition) is 6. The molecule has 3 rings (SSSR count). The lowest BCUT2D eigenvalue weighted by atomic mass is 10.3. The van der Waals surface area contributed by atoms with E-state index in [0.717, 1.165) is 17.1 Å². The first kappa shape index (κ1) is 16.0. The van der Waals surface area contributed by atoms with Crippen LogP contribution in [0.1, 0.15) is 6.92 Å². The maximum atomic E-state index is 5.99. The predicted octanol–water partition coefficient (Wildman–Crippen LogP) is 4.41. The van der Waals surface area contributed by atoms with Crippen LogP contribution in [0.25, 0.3) is 0 Å². The van der Waals surface area contributed by atoms with Gasteiger partial charge in [0.15, 0.2) is 0 Å². The molecule has 122 valence electrons. The van der Waals surface area contributed by atoms with Crippen LogP contribution in [0.4, 0.5) is 23.3 Å². The smallest absolute Gasteiger partial charge is 0.233 e. The van der Waals surface area contributed by atoms with E-state index in [9.17, 15) is 0 Å². The molecule has 7 heteroatoms. The van der Waals surface area contributed by atoms with Crippen molar-refractivity contribution in [1.29, 1.82) is 0 Å². The highest BCUT2D eigenvalue weighted by Gasteiger charge is 2.06. The molecule has 2 N–H and O–H groups in total. The average Bonchev–Trinajstić information content (AvgIpc) is 2.57. The van der Waals surface area contributed by atoms with Gasteiger partial charge < -0.3 is 15.4 Å². The Kier molecular flexibility index (Phi) is 5.08. The zero-order chi connectivity index (χ0) is 16.8. The molecule has 0 saturated heterocycles. The monoisotopic (exact) mass is 341 g/mol. The van der Waals surface area contributed by atoms with Crippen molar-refractivity contribution < 1.29 is 4.74 Å². The van der Waals surface area contributed by atoms with E-state index >= 15 is 0 Å². The summed E-state index contributed by atoms with van der Waals surface area (Å²) in [6, 6.07) is 17.1. The Hall–Kier alpha value is -2.86. The van der Waals surface area contributed by atoms with Gasteiger partial charge in [0.05, 0.1) is 6.61 Å². The highest BCUT2D eigenvalue weighted by molar-refractivity contribution is 6.28. The lowest BCUT2D eigenvalue weighted by Gasteiger charge is -2.09. The largest absolute Gasteiger partial charge is 0.494 e. The molecule has 0 fully saturated rings. The molecular weight excluding hydrogens is 326 g/mol. The molecule has 0 saturated carbocycles. The van der Waals surface area contributed by atoms with E-state index in [1.54, 1.807) is 0 Å². The van der Waals surface area contributed by atoms with Gasteiger partial charge in [0.25, 0.3) is 0 Å². The number of anilines is 4. The molecule has 0 atom stereocenters. The normalized spacial score (nSPS) is 10.2. The highest BCUT2D eigenvalue weighted by Crippen LogP contribution is 2.20. The van der Waals surface area contributed by atoms with Gasteiger partial charge >= 0.3 is 0 Å². The molecule has 1 aromatic heterocycles. The van der Waals surface area contributed by atoms with E-state index in [-0.39, 0.29) is 5.28 Å². The Bertz CT molecular complexity index is 796. The number of ether oxygens (including phenoxy) is 1. The van der Waals surface area contributed by atoms with Gasteiger partial charge in [0.1, 0.15) is 5.75 Å². The van der Waals surface area contributed by atoms with Gasteiger partial charge in [-0.05, 0) is 54.9 Å². The predicted molar refractivity (Wildman–Crippen MR) is 95.5 cm³/mol. The molecule has 0 spiro atoms. The number of halogens is 1. The van der Waals surface area contributed by atoms with E-state index in [0.29, 0.717) is 18.5 Å². The second-order valence-electron chi connectivity index (χ2n) is 4.83. The molecule has 0 aliphatic heterocycles. The van der Waals surface area contributed by atoms with Crippen molar-refractivity contribution in [2.45, 2.75) is 6.92 Å². The maximum absolute atomic E-state index is 5.99. The van der Waals surface area contributed by atoms with Crippen LogP contribution in [-0.2, 0) is 0 Å². The molecule has 0 aliphatic carbocycles. The third-order valence-corrected chi connectivity index (χ3v) is 3.23. The van der Waals surface area contributed by atoms with Crippen molar-refractivity contribution in [1.82, 2.24) is 15.0 Å². The van der Waals surface area contributed by atoms with E-state index in [2.05, 4.69) is 25.6 Å². The zero-order valence-corrected chi connectivity index (χ0v) is 13.8. The minimum Gasteiger partial charge on any atom is -0.494 e. The van der Waals surface area contributed by atoms with E-state index < -0.39 is 0 Å². The van der Waals surface area contributed by atoms with Crippen molar-refractivity contribution in [3.63, 3.8) is 0 Å². The molecule has 1 heterocycles. The topological polar surface area (TPSA) is 72.0 Å². The van der Waals surface area contributed by atoms with Crippen LogP contribution in [-0.4, -0.2) is 21.6 Å². The SMILES string of the molecule is CCOc1ccc(Nc2nc(Cl)nc(Nc3ccccc3)n2)cc1. The first-order valence-electron chi connectivity index (χ1n) is 7.46. The second-order valence-corrected chi connectivity index (χ2v) is 5.16. The van der Waals surface area contributed by atoms with E-state index in [1.807, 2.05) is 61.5 Å². The Labute approximate surface area is 144 Å². The molecule has 2 aromatic carbocycles. The minimum atomic E-state index is 0.108. The summed E-state index contributed by atoms with van der Waals surface area (Å²) in [7, 11) is 0. The third kappa shape index (κ3) is 4.33. The van der Waals surface area contributed by atoms with Crippen LogP contribution in [0.2, 0.25) is 5.28 Å². The molecule has 0 bridgehead atoms. The molecule has 0 amide bonds. The summed E-state index contributed by atoms with van der Waals surface area (Å²) >= 11 is 5.99. The highest BCUT2D eigenvalue weighted by atomic mass is 35.5. The van der Waals surface area contributed by atoms with E-state index in [1.165, 1.54) is 0 Å².